The Labute approximate surface area is 235 Å². The Morgan fingerprint density at radius 1 is 0.949 bits per heavy atom. The number of amides is 2. The maximum Gasteiger partial charge on any atom is 0.264 e. The number of rotatable bonds is 13. The van der Waals surface area contributed by atoms with E-state index in [1.54, 1.807) is 73.7 Å². The average molecular weight is 572 g/mol. The lowest BCUT2D eigenvalue weighted by Crippen LogP contribution is -2.51. The zero-order chi connectivity index (χ0) is 28.4. The van der Waals surface area contributed by atoms with E-state index >= 15 is 0 Å². The van der Waals surface area contributed by atoms with Gasteiger partial charge in [0, 0.05) is 18.1 Å². The number of nitrogens with zero attached hydrogens (tertiary/aromatic N) is 2. The lowest BCUT2D eigenvalue weighted by Gasteiger charge is -2.32. The van der Waals surface area contributed by atoms with Crippen molar-refractivity contribution in [3.63, 3.8) is 0 Å². The number of halogens is 1. The van der Waals surface area contributed by atoms with Gasteiger partial charge in [0.25, 0.3) is 10.0 Å². The van der Waals surface area contributed by atoms with Crippen LogP contribution in [0.5, 0.6) is 5.75 Å². The first-order valence-electron chi connectivity index (χ1n) is 12.8. The molecule has 0 unspecified atom stereocenters. The van der Waals surface area contributed by atoms with E-state index in [1.807, 2.05) is 13.8 Å². The molecule has 0 saturated carbocycles. The van der Waals surface area contributed by atoms with Gasteiger partial charge in [-0.25, -0.2) is 8.42 Å². The second-order valence-corrected chi connectivity index (χ2v) is 11.2. The summed E-state index contributed by atoms with van der Waals surface area (Å²) in [7, 11) is -4.14. The van der Waals surface area contributed by atoms with Crippen LogP contribution in [0, 0.1) is 0 Å². The molecule has 3 aromatic rings. The largest absolute Gasteiger partial charge is 0.494 e. The SMILES string of the molecule is CCCNC(=O)[C@@H](C)N(Cc1ccc(Cl)cc1)C(=O)CN(c1ccccc1)S(=O)(=O)c1ccc(OCC)cc1. The van der Waals surface area contributed by atoms with Gasteiger partial charge >= 0.3 is 0 Å². The number of ether oxygens (including phenoxy) is 1. The minimum atomic E-state index is -4.14. The molecule has 0 aliphatic rings. The number of hydrogen-bond acceptors (Lipinski definition) is 5. The van der Waals surface area contributed by atoms with Crippen molar-refractivity contribution in [1.82, 2.24) is 10.2 Å². The third-order valence-electron chi connectivity index (χ3n) is 6.03. The fourth-order valence-electron chi connectivity index (χ4n) is 3.89. The topological polar surface area (TPSA) is 96.0 Å². The van der Waals surface area contributed by atoms with E-state index in [0.29, 0.717) is 29.6 Å². The number of sulfonamides is 1. The Morgan fingerprint density at radius 3 is 2.18 bits per heavy atom. The van der Waals surface area contributed by atoms with Crippen LogP contribution < -0.4 is 14.4 Å². The standard InChI is InChI=1S/C29H34ClN3O5S/c1-4-19-31-29(35)22(3)32(20-23-11-13-24(30)14-12-23)28(34)21-33(25-9-7-6-8-10-25)39(36,37)27-17-15-26(16-18-27)38-5-2/h6-18,22H,4-5,19-21H2,1-3H3,(H,31,35)/t22-/m1/s1. The van der Waals surface area contributed by atoms with Gasteiger partial charge in [-0.1, -0.05) is 48.9 Å². The van der Waals surface area contributed by atoms with Crippen LogP contribution in [0.25, 0.3) is 0 Å². The van der Waals surface area contributed by atoms with Gasteiger partial charge in [0.05, 0.1) is 17.2 Å². The Balaban J connectivity index is 1.97. The zero-order valence-electron chi connectivity index (χ0n) is 22.3. The van der Waals surface area contributed by atoms with Crippen molar-refractivity contribution in [2.24, 2.45) is 0 Å². The number of hydrogen-bond donors (Lipinski definition) is 1. The van der Waals surface area contributed by atoms with Crippen molar-refractivity contribution in [1.29, 1.82) is 0 Å². The normalized spacial score (nSPS) is 11.9. The molecule has 0 aromatic heterocycles. The summed E-state index contributed by atoms with van der Waals surface area (Å²) in [6, 6.07) is 20.6. The molecule has 3 rings (SSSR count). The van der Waals surface area contributed by atoms with Crippen LogP contribution in [0.4, 0.5) is 5.69 Å². The summed E-state index contributed by atoms with van der Waals surface area (Å²) in [5.74, 6) is -0.304. The van der Waals surface area contributed by atoms with Gasteiger partial charge in [0.2, 0.25) is 11.8 Å². The monoisotopic (exact) mass is 571 g/mol. The summed E-state index contributed by atoms with van der Waals surface area (Å²) < 4.78 is 34.1. The number of anilines is 1. The highest BCUT2D eigenvalue weighted by Crippen LogP contribution is 2.26. The van der Waals surface area contributed by atoms with E-state index in [2.05, 4.69) is 5.32 Å². The zero-order valence-corrected chi connectivity index (χ0v) is 23.9. The molecule has 1 atom stereocenters. The van der Waals surface area contributed by atoms with Crippen LogP contribution >= 0.6 is 11.6 Å². The van der Waals surface area contributed by atoms with Gasteiger partial charge in [0.1, 0.15) is 18.3 Å². The van der Waals surface area contributed by atoms with Crippen LogP contribution in [-0.4, -0.2) is 50.9 Å². The summed E-state index contributed by atoms with van der Waals surface area (Å²) in [5, 5.41) is 3.36. The van der Waals surface area contributed by atoms with E-state index < -0.39 is 28.5 Å². The van der Waals surface area contributed by atoms with Crippen LogP contribution in [0.3, 0.4) is 0 Å². The molecule has 0 spiro atoms. The van der Waals surface area contributed by atoms with Crippen molar-refractivity contribution in [3.05, 3.63) is 89.4 Å². The minimum Gasteiger partial charge on any atom is -0.494 e. The Hall–Kier alpha value is -3.56. The van der Waals surface area contributed by atoms with Gasteiger partial charge in [-0.2, -0.15) is 0 Å². The average Bonchev–Trinajstić information content (AvgIpc) is 2.94. The van der Waals surface area contributed by atoms with Crippen molar-refractivity contribution < 1.29 is 22.7 Å². The summed E-state index contributed by atoms with van der Waals surface area (Å²) >= 11 is 6.03. The first kappa shape index (κ1) is 30.0. The predicted octanol–water partition coefficient (Wildman–Crippen LogP) is 4.88. The second-order valence-electron chi connectivity index (χ2n) is 8.87. The van der Waals surface area contributed by atoms with Crippen molar-refractivity contribution in [3.8, 4) is 5.75 Å². The number of carbonyl (C=O) groups excluding carboxylic acids is 2. The molecule has 208 valence electrons. The van der Waals surface area contributed by atoms with Gasteiger partial charge < -0.3 is 15.0 Å². The third-order valence-corrected chi connectivity index (χ3v) is 8.07. The molecule has 0 aliphatic carbocycles. The molecule has 39 heavy (non-hydrogen) atoms. The fraction of sp³-hybridized carbons (Fsp3) is 0.310. The molecule has 1 N–H and O–H groups in total. The second kappa shape index (κ2) is 14.0. The molecule has 0 fully saturated rings. The molecule has 2 amide bonds. The highest BCUT2D eigenvalue weighted by molar-refractivity contribution is 7.92. The highest BCUT2D eigenvalue weighted by atomic mass is 35.5. The number of para-hydroxylation sites is 1. The molecule has 0 bridgehead atoms. The predicted molar refractivity (Wildman–Crippen MR) is 153 cm³/mol. The number of carbonyl (C=O) groups is 2. The smallest absolute Gasteiger partial charge is 0.264 e. The molecule has 3 aromatic carbocycles. The summed E-state index contributed by atoms with van der Waals surface area (Å²) in [6.07, 6.45) is 0.742. The van der Waals surface area contributed by atoms with Crippen molar-refractivity contribution >= 4 is 39.1 Å². The number of nitrogens with one attached hydrogen (secondary N) is 1. The molecular formula is C29H34ClN3O5S. The van der Waals surface area contributed by atoms with E-state index in [-0.39, 0.29) is 17.3 Å². The summed E-state index contributed by atoms with van der Waals surface area (Å²) in [5.41, 5.74) is 1.08. The van der Waals surface area contributed by atoms with Gasteiger partial charge in [0.15, 0.2) is 0 Å². The maximum absolute atomic E-state index is 13.8. The van der Waals surface area contributed by atoms with Crippen LogP contribution in [0.1, 0.15) is 32.8 Å². The molecule has 8 nitrogen and oxygen atoms in total. The molecule has 0 aliphatic heterocycles. The van der Waals surface area contributed by atoms with E-state index in [4.69, 9.17) is 16.3 Å². The quantitative estimate of drug-likeness (QED) is 0.315. The molecular weight excluding hydrogens is 538 g/mol. The molecule has 0 saturated heterocycles. The molecule has 10 heteroatoms. The van der Waals surface area contributed by atoms with Crippen molar-refractivity contribution in [2.75, 3.05) is 24.0 Å². The van der Waals surface area contributed by atoms with E-state index in [0.717, 1.165) is 16.3 Å². The van der Waals surface area contributed by atoms with E-state index in [9.17, 15) is 18.0 Å². The van der Waals surface area contributed by atoms with Crippen molar-refractivity contribution in [2.45, 2.75) is 44.7 Å². The van der Waals surface area contributed by atoms with Crippen LogP contribution in [0.2, 0.25) is 5.02 Å². The third kappa shape index (κ3) is 7.97. The Morgan fingerprint density at radius 2 is 1.59 bits per heavy atom. The molecule has 0 radical (unpaired) electrons. The maximum atomic E-state index is 13.8. The van der Waals surface area contributed by atoms with Gasteiger partial charge in [-0.3, -0.25) is 13.9 Å². The Kier molecular flexibility index (Phi) is 10.8. The lowest BCUT2D eigenvalue weighted by atomic mass is 10.1. The summed E-state index contributed by atoms with van der Waals surface area (Å²) in [6.45, 7) is 5.92. The van der Waals surface area contributed by atoms with Gasteiger partial charge in [-0.05, 0) is 74.4 Å². The lowest BCUT2D eigenvalue weighted by molar-refractivity contribution is -0.139. The molecule has 0 heterocycles. The fourth-order valence-corrected chi connectivity index (χ4v) is 5.43. The van der Waals surface area contributed by atoms with E-state index in [1.165, 1.54) is 17.0 Å². The number of benzene rings is 3. The summed E-state index contributed by atoms with van der Waals surface area (Å²) in [4.78, 5) is 28.1. The van der Waals surface area contributed by atoms with Crippen LogP contribution in [0.15, 0.2) is 83.8 Å². The van der Waals surface area contributed by atoms with Crippen LogP contribution in [-0.2, 0) is 26.2 Å². The minimum absolute atomic E-state index is 0.0144. The first-order valence-corrected chi connectivity index (χ1v) is 14.6. The highest BCUT2D eigenvalue weighted by Gasteiger charge is 2.32. The van der Waals surface area contributed by atoms with Gasteiger partial charge in [-0.15, -0.1) is 0 Å². The first-order chi connectivity index (χ1) is 18.7. The Bertz CT molecular complexity index is 1330.